The predicted octanol–water partition coefficient (Wildman–Crippen LogP) is 2.17. The second kappa shape index (κ2) is 5.34. The summed E-state index contributed by atoms with van der Waals surface area (Å²) in [5, 5.41) is 5.53. The zero-order chi connectivity index (χ0) is 11.3. The Labute approximate surface area is 90.1 Å². The Hall–Kier alpha value is -1.58. The summed E-state index contributed by atoms with van der Waals surface area (Å²) in [6.45, 7) is 6.67. The van der Waals surface area contributed by atoms with Crippen LogP contribution in [0.2, 0.25) is 0 Å². The topological polar surface area (TPSA) is 54.0 Å². The highest BCUT2D eigenvalue weighted by molar-refractivity contribution is 5.89. The average Bonchev–Trinajstić information content (AvgIpc) is 2.15. The molecule has 0 aliphatic rings. The molecule has 0 saturated carbocycles. The summed E-state index contributed by atoms with van der Waals surface area (Å²) >= 11 is 0. The number of aryl methyl sites for hydroxylation is 1. The lowest BCUT2D eigenvalue weighted by molar-refractivity contribution is 0.251. The van der Waals surface area contributed by atoms with Gasteiger partial charge in [0, 0.05) is 24.1 Å². The van der Waals surface area contributed by atoms with E-state index in [9.17, 15) is 4.79 Å². The van der Waals surface area contributed by atoms with E-state index in [0.717, 1.165) is 11.4 Å². The second-order valence-corrected chi connectivity index (χ2v) is 3.91. The number of rotatable bonds is 3. The molecule has 82 valence electrons. The molecule has 4 heteroatoms. The third-order valence-electron chi connectivity index (χ3n) is 1.83. The maximum absolute atomic E-state index is 11.4. The molecule has 1 rings (SSSR count). The van der Waals surface area contributed by atoms with Crippen LogP contribution in [-0.4, -0.2) is 17.6 Å². The van der Waals surface area contributed by atoms with E-state index in [1.807, 2.05) is 13.0 Å². The van der Waals surface area contributed by atoms with Crippen molar-refractivity contribution in [3.8, 4) is 0 Å². The predicted molar refractivity (Wildman–Crippen MR) is 60.8 cm³/mol. The van der Waals surface area contributed by atoms with Gasteiger partial charge in [0.15, 0.2) is 0 Å². The van der Waals surface area contributed by atoms with Crippen LogP contribution in [0.4, 0.5) is 10.5 Å². The van der Waals surface area contributed by atoms with Crippen molar-refractivity contribution < 1.29 is 4.79 Å². The number of amides is 2. The Balaban J connectivity index is 2.44. The molecule has 0 spiro atoms. The van der Waals surface area contributed by atoms with Crippen LogP contribution in [0, 0.1) is 12.8 Å². The van der Waals surface area contributed by atoms with E-state index in [4.69, 9.17) is 0 Å². The fourth-order valence-electron chi connectivity index (χ4n) is 1.10. The third-order valence-corrected chi connectivity index (χ3v) is 1.83. The molecule has 1 heterocycles. The minimum absolute atomic E-state index is 0.172. The molecule has 0 aliphatic carbocycles. The molecule has 1 aromatic rings. The molecular weight excluding hydrogens is 190 g/mol. The number of anilines is 1. The lowest BCUT2D eigenvalue weighted by atomic mass is 10.2. The maximum atomic E-state index is 11.4. The van der Waals surface area contributed by atoms with Gasteiger partial charge in [-0.3, -0.25) is 4.98 Å². The Kier molecular flexibility index (Phi) is 4.09. The van der Waals surface area contributed by atoms with Gasteiger partial charge in [-0.15, -0.1) is 0 Å². The van der Waals surface area contributed by atoms with Gasteiger partial charge in [-0.1, -0.05) is 13.8 Å². The molecule has 4 nitrogen and oxygen atoms in total. The molecule has 0 aromatic carbocycles. The summed E-state index contributed by atoms with van der Waals surface area (Å²) in [5.41, 5.74) is 1.65. The Morgan fingerprint density at radius 3 is 2.87 bits per heavy atom. The molecule has 2 amide bonds. The van der Waals surface area contributed by atoms with Crippen molar-refractivity contribution >= 4 is 11.7 Å². The molecular formula is C11H17N3O. The Morgan fingerprint density at radius 1 is 1.53 bits per heavy atom. The van der Waals surface area contributed by atoms with Crippen molar-refractivity contribution in [3.63, 3.8) is 0 Å². The molecule has 0 aliphatic heterocycles. The Bertz CT molecular complexity index is 336. The number of pyridine rings is 1. The van der Waals surface area contributed by atoms with Crippen molar-refractivity contribution in [3.05, 3.63) is 24.0 Å². The molecule has 0 atom stereocenters. The Morgan fingerprint density at radius 2 is 2.27 bits per heavy atom. The van der Waals surface area contributed by atoms with E-state index in [2.05, 4.69) is 29.5 Å². The molecule has 15 heavy (non-hydrogen) atoms. The first kappa shape index (κ1) is 11.5. The van der Waals surface area contributed by atoms with Gasteiger partial charge in [0.2, 0.25) is 0 Å². The first-order valence-corrected chi connectivity index (χ1v) is 5.05. The summed E-state index contributed by atoms with van der Waals surface area (Å²) in [7, 11) is 0. The van der Waals surface area contributed by atoms with Crippen LogP contribution in [0.25, 0.3) is 0 Å². The van der Waals surface area contributed by atoms with E-state index in [1.54, 1.807) is 12.3 Å². The number of nitrogens with zero attached hydrogens (tertiary/aromatic N) is 1. The largest absolute Gasteiger partial charge is 0.338 e. The number of urea groups is 1. The van der Waals surface area contributed by atoms with Crippen molar-refractivity contribution in [1.82, 2.24) is 10.3 Å². The number of carbonyl (C=O) groups excluding carboxylic acids is 1. The van der Waals surface area contributed by atoms with Gasteiger partial charge >= 0.3 is 6.03 Å². The molecule has 2 N–H and O–H groups in total. The fourth-order valence-corrected chi connectivity index (χ4v) is 1.10. The van der Waals surface area contributed by atoms with Gasteiger partial charge in [0.25, 0.3) is 0 Å². The van der Waals surface area contributed by atoms with E-state index in [0.29, 0.717) is 12.5 Å². The standard InChI is InChI=1S/C11H17N3O/c1-8(2)7-13-11(15)14-10-4-5-12-9(3)6-10/h4-6,8H,7H2,1-3H3,(H2,12,13,14,15). The normalized spacial score (nSPS) is 10.1. The van der Waals surface area contributed by atoms with E-state index in [-0.39, 0.29) is 6.03 Å². The zero-order valence-corrected chi connectivity index (χ0v) is 9.37. The molecule has 1 aromatic heterocycles. The average molecular weight is 207 g/mol. The third kappa shape index (κ3) is 4.44. The van der Waals surface area contributed by atoms with Gasteiger partial charge in [-0.25, -0.2) is 4.79 Å². The zero-order valence-electron chi connectivity index (χ0n) is 9.37. The van der Waals surface area contributed by atoms with E-state index < -0.39 is 0 Å². The lowest BCUT2D eigenvalue weighted by Crippen LogP contribution is -2.31. The van der Waals surface area contributed by atoms with E-state index >= 15 is 0 Å². The summed E-state index contributed by atoms with van der Waals surface area (Å²) < 4.78 is 0. The number of hydrogen-bond acceptors (Lipinski definition) is 2. The van der Waals surface area contributed by atoms with Crippen LogP contribution in [0.1, 0.15) is 19.5 Å². The minimum atomic E-state index is -0.172. The molecule has 0 bridgehead atoms. The minimum Gasteiger partial charge on any atom is -0.338 e. The van der Waals surface area contributed by atoms with Gasteiger partial charge < -0.3 is 10.6 Å². The quantitative estimate of drug-likeness (QED) is 0.798. The van der Waals surface area contributed by atoms with Crippen LogP contribution < -0.4 is 10.6 Å². The number of aromatic nitrogens is 1. The van der Waals surface area contributed by atoms with Crippen LogP contribution in [-0.2, 0) is 0 Å². The van der Waals surface area contributed by atoms with Crippen LogP contribution >= 0.6 is 0 Å². The SMILES string of the molecule is Cc1cc(NC(=O)NCC(C)C)ccn1. The summed E-state index contributed by atoms with van der Waals surface area (Å²) in [4.78, 5) is 15.4. The smallest absolute Gasteiger partial charge is 0.319 e. The van der Waals surface area contributed by atoms with Crippen molar-refractivity contribution in [1.29, 1.82) is 0 Å². The van der Waals surface area contributed by atoms with Crippen LogP contribution in [0.15, 0.2) is 18.3 Å². The van der Waals surface area contributed by atoms with E-state index in [1.165, 1.54) is 0 Å². The molecule has 0 unspecified atom stereocenters. The van der Waals surface area contributed by atoms with Crippen LogP contribution in [0.5, 0.6) is 0 Å². The lowest BCUT2D eigenvalue weighted by Gasteiger charge is -2.09. The van der Waals surface area contributed by atoms with Crippen molar-refractivity contribution in [2.24, 2.45) is 5.92 Å². The fraction of sp³-hybridized carbons (Fsp3) is 0.455. The summed E-state index contributed by atoms with van der Waals surface area (Å²) in [6, 6.07) is 3.42. The first-order valence-electron chi connectivity index (χ1n) is 5.05. The monoisotopic (exact) mass is 207 g/mol. The van der Waals surface area contributed by atoms with Gasteiger partial charge in [0.1, 0.15) is 0 Å². The van der Waals surface area contributed by atoms with Gasteiger partial charge in [-0.2, -0.15) is 0 Å². The highest BCUT2D eigenvalue weighted by atomic mass is 16.2. The van der Waals surface area contributed by atoms with Crippen molar-refractivity contribution in [2.45, 2.75) is 20.8 Å². The first-order chi connectivity index (χ1) is 7.08. The number of hydrogen-bond donors (Lipinski definition) is 2. The molecule has 0 saturated heterocycles. The van der Waals surface area contributed by atoms with Crippen molar-refractivity contribution in [2.75, 3.05) is 11.9 Å². The van der Waals surface area contributed by atoms with Gasteiger partial charge in [0.05, 0.1) is 0 Å². The highest BCUT2D eigenvalue weighted by Gasteiger charge is 2.02. The summed E-state index contributed by atoms with van der Waals surface area (Å²) in [6.07, 6.45) is 1.67. The van der Waals surface area contributed by atoms with Gasteiger partial charge in [-0.05, 0) is 25.0 Å². The highest BCUT2D eigenvalue weighted by Crippen LogP contribution is 2.06. The number of carbonyl (C=O) groups is 1. The maximum Gasteiger partial charge on any atom is 0.319 e. The molecule has 0 fully saturated rings. The molecule has 0 radical (unpaired) electrons. The second-order valence-electron chi connectivity index (χ2n) is 3.91. The number of nitrogens with one attached hydrogen (secondary N) is 2. The van der Waals surface area contributed by atoms with Crippen LogP contribution in [0.3, 0.4) is 0 Å². The summed E-state index contributed by atoms with van der Waals surface area (Å²) in [5.74, 6) is 0.454.